The molecule has 3 fully saturated rings. The fourth-order valence-electron chi connectivity index (χ4n) is 5.11. The molecular weight excluding hydrogens is 360 g/mol. The second-order valence-corrected chi connectivity index (χ2v) is 7.91. The third-order valence-corrected chi connectivity index (χ3v) is 6.45. The fraction of sp³-hybridized carbons (Fsp3) is 0.500. The minimum absolute atomic E-state index is 0.00980. The van der Waals surface area contributed by atoms with Crippen LogP contribution in [-0.2, 0) is 4.74 Å². The Bertz CT molecular complexity index is 914. The van der Waals surface area contributed by atoms with E-state index in [1.807, 2.05) is 4.90 Å². The standard InChI is InChI=1S/C20H22N4O4/c1-12-13(3-7-27-12)19(26)24-10-15-14(17-2-4-20(15,11-24)28-17)8-23-18(25)16-9-21-5-6-22-16/h3,5-7,9,14-15,17H,2,4,8,10-11H2,1H3,(H,23,25)/t14-,15+,17+,20+/m0/s1. The Labute approximate surface area is 162 Å². The largest absolute Gasteiger partial charge is 0.469 e. The summed E-state index contributed by atoms with van der Waals surface area (Å²) in [7, 11) is 0. The van der Waals surface area contributed by atoms with Crippen molar-refractivity contribution in [1.82, 2.24) is 20.2 Å². The number of aromatic nitrogens is 2. The average molecular weight is 382 g/mol. The zero-order chi connectivity index (χ0) is 19.3. The van der Waals surface area contributed by atoms with Crippen molar-refractivity contribution in [1.29, 1.82) is 0 Å². The number of hydrogen-bond acceptors (Lipinski definition) is 6. The van der Waals surface area contributed by atoms with E-state index < -0.39 is 0 Å². The summed E-state index contributed by atoms with van der Waals surface area (Å²) < 4.78 is 11.7. The van der Waals surface area contributed by atoms with Gasteiger partial charge in [0.15, 0.2) is 0 Å². The fourth-order valence-corrected chi connectivity index (χ4v) is 5.11. The highest BCUT2D eigenvalue weighted by Crippen LogP contribution is 2.54. The van der Waals surface area contributed by atoms with Crippen molar-refractivity contribution < 1.29 is 18.7 Å². The van der Waals surface area contributed by atoms with E-state index in [1.165, 1.54) is 18.6 Å². The molecule has 1 spiro atoms. The summed E-state index contributed by atoms with van der Waals surface area (Å²) in [4.78, 5) is 35.1. The molecule has 0 saturated carbocycles. The predicted molar refractivity (Wildman–Crippen MR) is 97.5 cm³/mol. The maximum atomic E-state index is 12.9. The number of ether oxygens (including phenoxy) is 1. The molecule has 3 saturated heterocycles. The lowest BCUT2D eigenvalue weighted by atomic mass is 9.73. The number of fused-ring (bicyclic) bond motifs is 1. The monoisotopic (exact) mass is 382 g/mol. The van der Waals surface area contributed by atoms with E-state index in [0.717, 1.165) is 12.8 Å². The van der Waals surface area contributed by atoms with Crippen molar-refractivity contribution in [3.8, 4) is 0 Å². The van der Waals surface area contributed by atoms with Crippen LogP contribution in [0.1, 0.15) is 39.4 Å². The molecule has 146 valence electrons. The minimum atomic E-state index is -0.278. The third-order valence-electron chi connectivity index (χ3n) is 6.45. The molecule has 0 aliphatic carbocycles. The smallest absolute Gasteiger partial charge is 0.271 e. The van der Waals surface area contributed by atoms with Gasteiger partial charge in [-0.1, -0.05) is 0 Å². The molecule has 0 unspecified atom stereocenters. The first kappa shape index (κ1) is 17.4. The van der Waals surface area contributed by atoms with Gasteiger partial charge in [-0.25, -0.2) is 4.98 Å². The third kappa shape index (κ3) is 2.63. The lowest BCUT2D eigenvalue weighted by Crippen LogP contribution is -2.42. The zero-order valence-electron chi connectivity index (χ0n) is 15.6. The Kier molecular flexibility index (Phi) is 3.97. The van der Waals surface area contributed by atoms with Gasteiger partial charge in [0.25, 0.3) is 11.8 Å². The van der Waals surface area contributed by atoms with Crippen LogP contribution >= 0.6 is 0 Å². The van der Waals surface area contributed by atoms with Gasteiger partial charge < -0.3 is 19.4 Å². The first-order valence-electron chi connectivity index (χ1n) is 9.63. The first-order valence-corrected chi connectivity index (χ1v) is 9.63. The van der Waals surface area contributed by atoms with Gasteiger partial charge >= 0.3 is 0 Å². The number of carbonyl (C=O) groups is 2. The average Bonchev–Trinajstić information content (AvgIpc) is 3.46. The molecule has 3 aliphatic heterocycles. The molecular formula is C20H22N4O4. The van der Waals surface area contributed by atoms with E-state index in [-0.39, 0.29) is 35.4 Å². The van der Waals surface area contributed by atoms with Crippen LogP contribution in [0.15, 0.2) is 35.3 Å². The summed E-state index contributed by atoms with van der Waals surface area (Å²) in [6.07, 6.45) is 8.11. The molecule has 5 rings (SSSR count). The highest BCUT2D eigenvalue weighted by Gasteiger charge is 2.63. The van der Waals surface area contributed by atoms with Crippen LogP contribution in [0.25, 0.3) is 0 Å². The Morgan fingerprint density at radius 1 is 1.39 bits per heavy atom. The Hall–Kier alpha value is -2.74. The molecule has 0 radical (unpaired) electrons. The van der Waals surface area contributed by atoms with Crippen molar-refractivity contribution in [2.75, 3.05) is 19.6 Å². The van der Waals surface area contributed by atoms with E-state index in [4.69, 9.17) is 9.15 Å². The second-order valence-electron chi connectivity index (χ2n) is 7.91. The quantitative estimate of drug-likeness (QED) is 0.859. The van der Waals surface area contributed by atoms with Crippen LogP contribution in [0.3, 0.4) is 0 Å². The van der Waals surface area contributed by atoms with Crippen molar-refractivity contribution >= 4 is 11.8 Å². The molecule has 3 aliphatic rings. The van der Waals surface area contributed by atoms with Gasteiger partial charge in [-0.2, -0.15) is 0 Å². The molecule has 2 bridgehead atoms. The summed E-state index contributed by atoms with van der Waals surface area (Å²) in [5.41, 5.74) is 0.637. The van der Waals surface area contributed by atoms with E-state index in [0.29, 0.717) is 36.7 Å². The van der Waals surface area contributed by atoms with Gasteiger partial charge in [-0.05, 0) is 25.8 Å². The minimum Gasteiger partial charge on any atom is -0.469 e. The van der Waals surface area contributed by atoms with Gasteiger partial charge in [-0.3, -0.25) is 14.6 Å². The zero-order valence-corrected chi connectivity index (χ0v) is 15.6. The number of furan rings is 1. The lowest BCUT2D eigenvalue weighted by Gasteiger charge is -2.29. The van der Waals surface area contributed by atoms with Crippen molar-refractivity contribution in [2.24, 2.45) is 11.8 Å². The van der Waals surface area contributed by atoms with Crippen molar-refractivity contribution in [3.63, 3.8) is 0 Å². The summed E-state index contributed by atoms with van der Waals surface area (Å²) in [6, 6.07) is 1.72. The highest BCUT2D eigenvalue weighted by molar-refractivity contribution is 5.95. The number of hydrogen-bond donors (Lipinski definition) is 1. The number of nitrogens with zero attached hydrogens (tertiary/aromatic N) is 3. The Morgan fingerprint density at radius 3 is 3.04 bits per heavy atom. The van der Waals surface area contributed by atoms with E-state index in [9.17, 15) is 9.59 Å². The maximum Gasteiger partial charge on any atom is 0.271 e. The van der Waals surface area contributed by atoms with Crippen LogP contribution in [0, 0.1) is 18.8 Å². The molecule has 4 atom stereocenters. The molecule has 2 aromatic rings. The van der Waals surface area contributed by atoms with Crippen LogP contribution < -0.4 is 5.32 Å². The number of aryl methyl sites for hydroxylation is 1. The van der Waals surface area contributed by atoms with Crippen LogP contribution in [0.4, 0.5) is 0 Å². The van der Waals surface area contributed by atoms with Gasteiger partial charge in [-0.15, -0.1) is 0 Å². The SMILES string of the molecule is Cc1occc1C(=O)N1C[C@@H]2[C@H](CNC(=O)c3cnccn3)[C@H]3CC[C@]2(C1)O3. The molecule has 1 N–H and O–H groups in total. The Morgan fingerprint density at radius 2 is 2.29 bits per heavy atom. The summed E-state index contributed by atoms with van der Waals surface area (Å²) in [5, 5.41) is 2.98. The molecule has 28 heavy (non-hydrogen) atoms. The van der Waals surface area contributed by atoms with Gasteiger partial charge in [0, 0.05) is 37.3 Å². The lowest BCUT2D eigenvalue weighted by molar-refractivity contribution is 0.00315. The van der Waals surface area contributed by atoms with Crippen molar-refractivity contribution in [3.05, 3.63) is 47.9 Å². The second kappa shape index (κ2) is 6.41. The van der Waals surface area contributed by atoms with Crippen molar-refractivity contribution in [2.45, 2.75) is 31.5 Å². The van der Waals surface area contributed by atoms with Crippen LogP contribution in [0.2, 0.25) is 0 Å². The topological polar surface area (TPSA) is 97.6 Å². The molecule has 2 aromatic heterocycles. The molecule has 0 aromatic carbocycles. The molecule has 8 nitrogen and oxygen atoms in total. The maximum absolute atomic E-state index is 12.9. The summed E-state index contributed by atoms with van der Waals surface area (Å²) in [6.45, 7) is 3.56. The van der Waals surface area contributed by atoms with Gasteiger partial charge in [0.1, 0.15) is 11.5 Å². The predicted octanol–water partition coefficient (Wildman–Crippen LogP) is 1.43. The number of carbonyl (C=O) groups excluding carboxylic acids is 2. The normalized spacial score (nSPS) is 30.5. The van der Waals surface area contributed by atoms with Crippen LogP contribution in [-0.4, -0.2) is 58.0 Å². The Balaban J connectivity index is 1.29. The van der Waals surface area contributed by atoms with E-state index in [2.05, 4.69) is 15.3 Å². The summed E-state index contributed by atoms with van der Waals surface area (Å²) >= 11 is 0. The van der Waals surface area contributed by atoms with Gasteiger partial charge in [0.2, 0.25) is 0 Å². The highest BCUT2D eigenvalue weighted by atomic mass is 16.5. The summed E-state index contributed by atoms with van der Waals surface area (Å²) in [5.74, 6) is 0.814. The van der Waals surface area contributed by atoms with E-state index in [1.54, 1.807) is 19.3 Å². The molecule has 8 heteroatoms. The number of nitrogens with one attached hydrogen (secondary N) is 1. The van der Waals surface area contributed by atoms with Gasteiger partial charge in [0.05, 0.1) is 36.3 Å². The van der Waals surface area contributed by atoms with E-state index >= 15 is 0 Å². The number of amides is 2. The first-order chi connectivity index (χ1) is 13.6. The molecule has 2 amide bonds. The number of rotatable bonds is 4. The van der Waals surface area contributed by atoms with Crippen LogP contribution in [0.5, 0.6) is 0 Å². The number of likely N-dealkylation sites (tertiary alicyclic amines) is 1. The molecule has 5 heterocycles.